The summed E-state index contributed by atoms with van der Waals surface area (Å²) < 4.78 is 26.2. The maximum atomic E-state index is 13.4. The predicted octanol–water partition coefficient (Wildman–Crippen LogP) is 1.82. The van der Waals surface area contributed by atoms with Crippen LogP contribution in [0, 0.1) is 11.6 Å². The summed E-state index contributed by atoms with van der Waals surface area (Å²) in [5, 5.41) is 14.2. The minimum atomic E-state index is -0.981. The van der Waals surface area contributed by atoms with Crippen molar-refractivity contribution in [1.82, 2.24) is 10.3 Å². The molecule has 0 aliphatic rings. The van der Waals surface area contributed by atoms with Crippen LogP contribution in [0.2, 0.25) is 0 Å². The van der Waals surface area contributed by atoms with E-state index in [-0.39, 0.29) is 30.1 Å². The van der Waals surface area contributed by atoms with Crippen molar-refractivity contribution < 1.29 is 23.5 Å². The van der Waals surface area contributed by atoms with Gasteiger partial charge in [0.1, 0.15) is 11.6 Å². The van der Waals surface area contributed by atoms with Gasteiger partial charge in [-0.05, 0) is 24.3 Å². The number of aromatic nitrogens is 1. The Labute approximate surface area is 130 Å². The highest BCUT2D eigenvalue weighted by Crippen LogP contribution is 2.18. The van der Waals surface area contributed by atoms with Crippen molar-refractivity contribution >= 4 is 17.6 Å². The Balaban J connectivity index is 1.83. The molecule has 1 heterocycles. The average molecular weight is 321 g/mol. The number of carbonyl (C=O) groups is 2. The number of benzene rings is 1. The van der Waals surface area contributed by atoms with Gasteiger partial charge in [0.2, 0.25) is 5.91 Å². The largest absolute Gasteiger partial charge is 0.504 e. The van der Waals surface area contributed by atoms with Gasteiger partial charge in [0.25, 0.3) is 5.91 Å². The summed E-state index contributed by atoms with van der Waals surface area (Å²) in [4.78, 5) is 27.1. The molecule has 2 rings (SSSR count). The summed E-state index contributed by atoms with van der Waals surface area (Å²) in [6, 6.07) is 5.45. The summed E-state index contributed by atoms with van der Waals surface area (Å²) in [5.74, 6) is -3.18. The number of nitrogens with one attached hydrogen (secondary N) is 2. The molecule has 0 saturated carbocycles. The second-order valence-electron chi connectivity index (χ2n) is 4.55. The van der Waals surface area contributed by atoms with Crippen molar-refractivity contribution in [3.05, 3.63) is 53.7 Å². The summed E-state index contributed by atoms with van der Waals surface area (Å²) >= 11 is 0. The molecule has 0 fully saturated rings. The fourth-order valence-corrected chi connectivity index (χ4v) is 1.75. The van der Waals surface area contributed by atoms with E-state index in [9.17, 15) is 23.5 Å². The molecule has 0 bridgehead atoms. The molecule has 0 atom stereocenters. The van der Waals surface area contributed by atoms with Crippen LogP contribution in [0.1, 0.15) is 16.8 Å². The van der Waals surface area contributed by atoms with E-state index in [1.54, 1.807) is 0 Å². The third kappa shape index (κ3) is 4.47. The molecule has 1 aromatic carbocycles. The SMILES string of the molecule is O=C(CCNC(=O)c1ccc(F)cc1F)Nc1ncccc1O. The van der Waals surface area contributed by atoms with Crippen LogP contribution in [0.4, 0.5) is 14.6 Å². The molecule has 23 heavy (non-hydrogen) atoms. The lowest BCUT2D eigenvalue weighted by Gasteiger charge is -2.07. The van der Waals surface area contributed by atoms with Gasteiger partial charge < -0.3 is 15.7 Å². The number of hydrogen-bond acceptors (Lipinski definition) is 4. The first kappa shape index (κ1) is 16.3. The first-order chi connectivity index (χ1) is 11.0. The van der Waals surface area contributed by atoms with Crippen molar-refractivity contribution in [3.8, 4) is 5.75 Å². The highest BCUT2D eigenvalue weighted by atomic mass is 19.1. The van der Waals surface area contributed by atoms with Crippen molar-refractivity contribution in [2.75, 3.05) is 11.9 Å². The Morgan fingerprint density at radius 3 is 2.70 bits per heavy atom. The molecular weight excluding hydrogens is 308 g/mol. The average Bonchev–Trinajstić information content (AvgIpc) is 2.49. The molecule has 0 aliphatic heterocycles. The van der Waals surface area contributed by atoms with E-state index in [0.29, 0.717) is 6.07 Å². The van der Waals surface area contributed by atoms with E-state index in [4.69, 9.17) is 0 Å². The van der Waals surface area contributed by atoms with Gasteiger partial charge in [0.15, 0.2) is 11.6 Å². The van der Waals surface area contributed by atoms with E-state index in [1.165, 1.54) is 18.3 Å². The Morgan fingerprint density at radius 1 is 1.22 bits per heavy atom. The van der Waals surface area contributed by atoms with Crippen LogP contribution in [0.3, 0.4) is 0 Å². The number of anilines is 1. The molecule has 3 N–H and O–H groups in total. The van der Waals surface area contributed by atoms with Crippen LogP contribution in [0.5, 0.6) is 5.75 Å². The quantitative estimate of drug-likeness (QED) is 0.783. The third-order valence-electron chi connectivity index (χ3n) is 2.86. The second-order valence-corrected chi connectivity index (χ2v) is 4.55. The lowest BCUT2D eigenvalue weighted by Crippen LogP contribution is -2.28. The number of pyridine rings is 1. The standard InChI is InChI=1S/C15H13F2N3O3/c16-9-3-4-10(11(17)8-9)15(23)19-7-5-13(22)20-14-12(21)2-1-6-18-14/h1-4,6,8,21H,5,7H2,(H,19,23)(H,18,20,22). The molecular formula is C15H13F2N3O3. The highest BCUT2D eigenvalue weighted by molar-refractivity contribution is 5.95. The number of aromatic hydroxyl groups is 1. The minimum Gasteiger partial charge on any atom is -0.504 e. The van der Waals surface area contributed by atoms with Gasteiger partial charge in [-0.1, -0.05) is 0 Å². The smallest absolute Gasteiger partial charge is 0.254 e. The van der Waals surface area contributed by atoms with Gasteiger partial charge in [0, 0.05) is 25.2 Å². The van der Waals surface area contributed by atoms with Crippen molar-refractivity contribution in [2.45, 2.75) is 6.42 Å². The van der Waals surface area contributed by atoms with Gasteiger partial charge in [-0.15, -0.1) is 0 Å². The highest BCUT2D eigenvalue weighted by Gasteiger charge is 2.13. The summed E-state index contributed by atoms with van der Waals surface area (Å²) in [6.45, 7) is -0.0604. The van der Waals surface area contributed by atoms with Crippen LogP contribution in [0.25, 0.3) is 0 Å². The molecule has 0 unspecified atom stereocenters. The van der Waals surface area contributed by atoms with E-state index >= 15 is 0 Å². The molecule has 2 aromatic rings. The predicted molar refractivity (Wildman–Crippen MR) is 77.8 cm³/mol. The Kier molecular flexibility index (Phi) is 5.19. The number of rotatable bonds is 5. The lowest BCUT2D eigenvalue weighted by molar-refractivity contribution is -0.116. The molecule has 0 spiro atoms. The van der Waals surface area contributed by atoms with Gasteiger partial charge in [-0.25, -0.2) is 13.8 Å². The minimum absolute atomic E-state index is 0.00778. The third-order valence-corrected chi connectivity index (χ3v) is 2.86. The zero-order chi connectivity index (χ0) is 16.8. The van der Waals surface area contributed by atoms with E-state index in [1.807, 2.05) is 0 Å². The zero-order valence-corrected chi connectivity index (χ0v) is 11.8. The van der Waals surface area contributed by atoms with Crippen LogP contribution >= 0.6 is 0 Å². The number of nitrogens with zero attached hydrogens (tertiary/aromatic N) is 1. The van der Waals surface area contributed by atoms with Crippen LogP contribution < -0.4 is 10.6 Å². The molecule has 0 radical (unpaired) electrons. The Morgan fingerprint density at radius 2 is 2.00 bits per heavy atom. The molecule has 1 aromatic heterocycles. The molecule has 0 aliphatic carbocycles. The van der Waals surface area contributed by atoms with Crippen LogP contribution in [-0.4, -0.2) is 28.4 Å². The first-order valence-electron chi connectivity index (χ1n) is 6.64. The molecule has 0 saturated heterocycles. The van der Waals surface area contributed by atoms with Crippen LogP contribution in [0.15, 0.2) is 36.5 Å². The first-order valence-corrected chi connectivity index (χ1v) is 6.64. The molecule has 6 nitrogen and oxygen atoms in total. The van der Waals surface area contributed by atoms with E-state index < -0.39 is 23.4 Å². The maximum absolute atomic E-state index is 13.4. The normalized spacial score (nSPS) is 10.2. The fraction of sp³-hybridized carbons (Fsp3) is 0.133. The van der Waals surface area contributed by atoms with Crippen molar-refractivity contribution in [1.29, 1.82) is 0 Å². The van der Waals surface area contributed by atoms with E-state index in [0.717, 1.165) is 12.1 Å². The monoisotopic (exact) mass is 321 g/mol. The number of amides is 2. The Bertz CT molecular complexity index is 738. The summed E-state index contributed by atoms with van der Waals surface area (Å²) in [6.07, 6.45) is 1.29. The van der Waals surface area contributed by atoms with Gasteiger partial charge in [0.05, 0.1) is 5.56 Å². The van der Waals surface area contributed by atoms with Gasteiger partial charge in [-0.2, -0.15) is 0 Å². The molecule has 8 heteroatoms. The number of halogens is 2. The summed E-state index contributed by atoms with van der Waals surface area (Å²) in [5.41, 5.74) is -0.311. The number of hydrogen-bond donors (Lipinski definition) is 3. The van der Waals surface area contributed by atoms with Gasteiger partial charge >= 0.3 is 0 Å². The maximum Gasteiger partial charge on any atom is 0.254 e. The Hall–Kier alpha value is -3.03. The van der Waals surface area contributed by atoms with Gasteiger partial charge in [-0.3, -0.25) is 9.59 Å². The summed E-state index contributed by atoms with van der Waals surface area (Å²) in [7, 11) is 0. The van der Waals surface area contributed by atoms with Crippen molar-refractivity contribution in [3.63, 3.8) is 0 Å². The fourth-order valence-electron chi connectivity index (χ4n) is 1.75. The van der Waals surface area contributed by atoms with Crippen LogP contribution in [-0.2, 0) is 4.79 Å². The van der Waals surface area contributed by atoms with Crippen molar-refractivity contribution in [2.24, 2.45) is 0 Å². The molecule has 2 amide bonds. The molecule has 120 valence electrons. The second kappa shape index (κ2) is 7.30. The topological polar surface area (TPSA) is 91.3 Å². The zero-order valence-electron chi connectivity index (χ0n) is 11.8. The number of carbonyl (C=O) groups excluding carboxylic acids is 2. The lowest BCUT2D eigenvalue weighted by atomic mass is 10.2. The van der Waals surface area contributed by atoms with E-state index in [2.05, 4.69) is 15.6 Å².